The molecule has 4 aromatic rings. The minimum Gasteiger partial charge on any atom is -0.426 e. The van der Waals surface area contributed by atoms with E-state index in [-0.39, 0.29) is 69.9 Å². The van der Waals surface area contributed by atoms with Crippen molar-refractivity contribution < 1.29 is 43.0 Å². The molecule has 3 aliphatic rings. The second kappa shape index (κ2) is 20.6. The number of nitrogens with one attached hydrogen (secondary N) is 3. The highest BCUT2D eigenvalue weighted by molar-refractivity contribution is 6.07. The zero-order chi connectivity index (χ0) is 44.5. The molecule has 3 fully saturated rings. The van der Waals surface area contributed by atoms with Crippen LogP contribution in [0.3, 0.4) is 0 Å². The summed E-state index contributed by atoms with van der Waals surface area (Å²) in [4.78, 5) is 87.3. The molecule has 3 aliphatic carbocycles. The molecule has 1 heterocycles. The van der Waals surface area contributed by atoms with Crippen molar-refractivity contribution in [3.05, 3.63) is 95.6 Å². The van der Waals surface area contributed by atoms with Crippen molar-refractivity contribution in [3.8, 4) is 17.2 Å². The van der Waals surface area contributed by atoms with Gasteiger partial charge in [-0.15, -0.1) is 0 Å². The minimum atomic E-state index is -0.601. The van der Waals surface area contributed by atoms with E-state index in [2.05, 4.69) is 46.7 Å². The largest absolute Gasteiger partial charge is 0.426 e. The highest BCUT2D eigenvalue weighted by atomic mass is 16.5. The lowest BCUT2D eigenvalue weighted by molar-refractivity contribution is -0.141. The van der Waals surface area contributed by atoms with Crippen LogP contribution in [0.15, 0.2) is 78.9 Å². The second-order valence-electron chi connectivity index (χ2n) is 17.5. The van der Waals surface area contributed by atoms with Crippen LogP contribution in [0.1, 0.15) is 129 Å². The molecule has 1 aromatic heterocycles. The molecule has 14 heteroatoms. The molecule has 7 rings (SSSR count). The van der Waals surface area contributed by atoms with E-state index >= 15 is 0 Å². The first-order valence-electron chi connectivity index (χ1n) is 22.1. The van der Waals surface area contributed by atoms with E-state index < -0.39 is 17.7 Å². The third-order valence-corrected chi connectivity index (χ3v) is 12.5. The number of hydrogen-bond acceptors (Lipinski definition) is 11. The predicted octanol–water partition coefficient (Wildman–Crippen LogP) is 9.43. The Morgan fingerprint density at radius 1 is 0.413 bits per heavy atom. The average molecular weight is 858 g/mol. The van der Waals surface area contributed by atoms with E-state index in [0.717, 1.165) is 77.0 Å². The van der Waals surface area contributed by atoms with Gasteiger partial charge < -0.3 is 24.8 Å². The van der Waals surface area contributed by atoms with Gasteiger partial charge in [-0.05, 0) is 168 Å². The zero-order valence-electron chi connectivity index (χ0n) is 36.0. The summed E-state index contributed by atoms with van der Waals surface area (Å²) < 4.78 is 16.8. The molecule has 0 aliphatic heterocycles. The molecule has 3 N–H and O–H groups in total. The SMILES string of the molecule is CC1CCC(C(=O)Oc2ccc(C(=O)Nc3cc(NC(=O)c4ccc(OC(=O)C5CCC(C)CC5)cc4)nc(NC(=O)c4ccc(OC(=O)C5CCC(C)CC5)cc4)n3)cc2)CC1. The number of carbonyl (C=O) groups excluding carboxylic acids is 6. The fourth-order valence-electron chi connectivity index (χ4n) is 8.29. The number of aromatic nitrogens is 2. The van der Waals surface area contributed by atoms with Gasteiger partial charge in [-0.25, -0.2) is 0 Å². The molecule has 330 valence electrons. The number of hydrogen-bond donors (Lipinski definition) is 3. The molecule has 0 spiro atoms. The lowest BCUT2D eigenvalue weighted by Crippen LogP contribution is -2.25. The quantitative estimate of drug-likeness (QED) is 0.0908. The molecule has 0 atom stereocenters. The third kappa shape index (κ3) is 12.4. The van der Waals surface area contributed by atoms with Gasteiger partial charge in [-0.2, -0.15) is 9.97 Å². The summed E-state index contributed by atoms with van der Waals surface area (Å²) in [6.45, 7) is 6.54. The Labute approximate surface area is 367 Å². The summed E-state index contributed by atoms with van der Waals surface area (Å²) in [5, 5.41) is 8.01. The molecular weight excluding hydrogens is 803 g/mol. The highest BCUT2D eigenvalue weighted by Crippen LogP contribution is 2.32. The van der Waals surface area contributed by atoms with Crippen molar-refractivity contribution in [1.29, 1.82) is 0 Å². The average Bonchev–Trinajstić information content (AvgIpc) is 3.27. The maximum absolute atomic E-state index is 13.5. The smallest absolute Gasteiger partial charge is 0.314 e. The van der Waals surface area contributed by atoms with Gasteiger partial charge in [0.25, 0.3) is 17.7 Å². The second-order valence-corrected chi connectivity index (χ2v) is 17.5. The molecule has 63 heavy (non-hydrogen) atoms. The lowest BCUT2D eigenvalue weighted by Gasteiger charge is -2.24. The molecule has 0 saturated heterocycles. The molecule has 3 aromatic carbocycles. The summed E-state index contributed by atoms with van der Waals surface area (Å²) in [5.41, 5.74) is 0.671. The van der Waals surface area contributed by atoms with Gasteiger partial charge in [0.2, 0.25) is 5.95 Å². The third-order valence-electron chi connectivity index (χ3n) is 12.5. The Kier molecular flexibility index (Phi) is 14.6. The van der Waals surface area contributed by atoms with Crippen LogP contribution in [0.25, 0.3) is 0 Å². The predicted molar refractivity (Wildman–Crippen MR) is 235 cm³/mol. The topological polar surface area (TPSA) is 192 Å². The van der Waals surface area contributed by atoms with Crippen molar-refractivity contribution >= 4 is 53.2 Å². The van der Waals surface area contributed by atoms with Gasteiger partial charge in [0, 0.05) is 22.8 Å². The first-order valence-corrected chi connectivity index (χ1v) is 22.1. The van der Waals surface area contributed by atoms with E-state index in [1.54, 1.807) is 24.3 Å². The van der Waals surface area contributed by atoms with E-state index in [9.17, 15) is 28.8 Å². The van der Waals surface area contributed by atoms with Gasteiger partial charge in [0.15, 0.2) is 0 Å². The summed E-state index contributed by atoms with van der Waals surface area (Å²) in [6.07, 6.45) is 10.6. The van der Waals surface area contributed by atoms with Crippen LogP contribution in [-0.2, 0) is 14.4 Å². The maximum atomic E-state index is 13.5. The molecule has 3 saturated carbocycles. The Bertz CT molecular complexity index is 2010. The van der Waals surface area contributed by atoms with Gasteiger partial charge in [0.1, 0.15) is 28.9 Å². The Morgan fingerprint density at radius 2 is 0.683 bits per heavy atom. The van der Waals surface area contributed by atoms with Gasteiger partial charge >= 0.3 is 17.9 Å². The molecule has 0 bridgehead atoms. The summed E-state index contributed by atoms with van der Waals surface area (Å²) in [5.74, 6) is -0.588. The van der Waals surface area contributed by atoms with Crippen LogP contribution in [0.2, 0.25) is 0 Å². The molecule has 14 nitrogen and oxygen atoms in total. The Morgan fingerprint density at radius 3 is 0.968 bits per heavy atom. The number of benzene rings is 3. The molecular formula is C49H55N5O9. The number of nitrogens with zero attached hydrogens (tertiary/aromatic N) is 2. The molecule has 0 radical (unpaired) electrons. The molecule has 3 amide bonds. The number of carbonyl (C=O) groups is 6. The van der Waals surface area contributed by atoms with Crippen molar-refractivity contribution in [3.63, 3.8) is 0 Å². The number of ether oxygens (including phenoxy) is 3. The standard InChI is InChI=1S/C49H55N5O9/c1-29-4-10-35(11-5-29)46(58)61-38-22-16-32(17-23-38)43(55)50-41-28-42(51-44(56)33-18-24-39(25-19-33)62-47(59)36-12-6-30(2)7-13-36)53-49(52-41)54-45(57)34-20-26-40(27-21-34)63-48(60)37-14-8-31(3)9-15-37/h16-31,35-37H,4-15H2,1-3H3,(H3,50,51,52,53,54,55,56,57). The summed E-state index contributed by atoms with van der Waals surface area (Å²) >= 11 is 0. The Balaban J connectivity index is 1.03. The van der Waals surface area contributed by atoms with Crippen molar-refractivity contribution in [2.24, 2.45) is 35.5 Å². The van der Waals surface area contributed by atoms with Crippen molar-refractivity contribution in [2.45, 2.75) is 97.8 Å². The summed E-state index contributed by atoms with van der Waals surface area (Å²) in [7, 11) is 0. The van der Waals surface area contributed by atoms with Crippen LogP contribution in [-0.4, -0.2) is 45.6 Å². The van der Waals surface area contributed by atoms with Crippen LogP contribution < -0.4 is 30.2 Å². The monoisotopic (exact) mass is 857 g/mol. The van der Waals surface area contributed by atoms with Gasteiger partial charge in [-0.3, -0.25) is 34.1 Å². The first kappa shape index (κ1) is 44.6. The number of anilines is 3. The van der Waals surface area contributed by atoms with Gasteiger partial charge in [-0.1, -0.05) is 20.8 Å². The van der Waals surface area contributed by atoms with E-state index in [0.29, 0.717) is 35.0 Å². The lowest BCUT2D eigenvalue weighted by atomic mass is 9.83. The summed E-state index contributed by atoms with van der Waals surface area (Å²) in [6, 6.07) is 19.6. The first-order chi connectivity index (χ1) is 30.3. The van der Waals surface area contributed by atoms with Crippen molar-refractivity contribution in [2.75, 3.05) is 16.0 Å². The number of rotatable bonds is 12. The fraction of sp³-hybridized carbons (Fsp3) is 0.429. The maximum Gasteiger partial charge on any atom is 0.314 e. The van der Waals surface area contributed by atoms with Crippen LogP contribution in [0.4, 0.5) is 17.6 Å². The van der Waals surface area contributed by atoms with E-state index in [1.807, 2.05) is 0 Å². The molecule has 0 unspecified atom stereocenters. The zero-order valence-corrected chi connectivity index (χ0v) is 36.0. The Hall–Kier alpha value is -6.44. The normalized spacial score (nSPS) is 22.1. The van der Waals surface area contributed by atoms with Crippen LogP contribution in [0.5, 0.6) is 17.2 Å². The van der Waals surface area contributed by atoms with Gasteiger partial charge in [0.05, 0.1) is 17.8 Å². The van der Waals surface area contributed by atoms with E-state index in [4.69, 9.17) is 14.2 Å². The van der Waals surface area contributed by atoms with Crippen LogP contribution in [0, 0.1) is 35.5 Å². The van der Waals surface area contributed by atoms with E-state index in [1.165, 1.54) is 54.6 Å². The van der Waals surface area contributed by atoms with Crippen molar-refractivity contribution in [1.82, 2.24) is 9.97 Å². The number of esters is 3. The minimum absolute atomic E-state index is 0.0404. The fourth-order valence-corrected chi connectivity index (χ4v) is 8.29. The van der Waals surface area contributed by atoms with Crippen LogP contribution >= 0.6 is 0 Å². The number of amides is 3. The highest BCUT2D eigenvalue weighted by Gasteiger charge is 2.28.